The first-order valence-corrected chi connectivity index (χ1v) is 2.93. The van der Waals surface area contributed by atoms with Gasteiger partial charge >= 0.3 is 5.97 Å². The summed E-state index contributed by atoms with van der Waals surface area (Å²) in [6.07, 6.45) is 1.35. The lowest BCUT2D eigenvalue weighted by Crippen LogP contribution is -1.98. The highest BCUT2D eigenvalue weighted by Crippen LogP contribution is 2.07. The number of carbonyl (C=O) groups is 1. The molecule has 12 heavy (non-hydrogen) atoms. The highest BCUT2D eigenvalue weighted by atomic mass is 35.5. The molecule has 0 bridgehead atoms. The number of carboxylic acids is 1. The maximum Gasteiger partial charge on any atom is 0.354 e. The normalized spacial score (nSPS) is 7.75. The summed E-state index contributed by atoms with van der Waals surface area (Å²) in [6.45, 7) is 0. The van der Waals surface area contributed by atoms with Crippen molar-refractivity contribution >= 4 is 42.4 Å². The molecule has 0 unspecified atom stereocenters. The van der Waals surface area contributed by atoms with Gasteiger partial charge in [0.25, 0.3) is 0 Å². The Morgan fingerprint density at radius 1 is 1.50 bits per heavy atom. The summed E-state index contributed by atoms with van der Waals surface area (Å²) in [5, 5.41) is 8.77. The van der Waals surface area contributed by atoms with Gasteiger partial charge in [-0.2, -0.15) is 0 Å². The third kappa shape index (κ3) is 3.76. The van der Waals surface area contributed by atoms with Crippen LogP contribution in [0.2, 0.25) is 5.02 Å². The predicted octanol–water partition coefficient (Wildman–Crippen LogP) is 2.28. The molecule has 0 aliphatic rings. The predicted molar refractivity (Wildman–Crippen MR) is 50.7 cm³/mol. The molecule has 1 heterocycles. The van der Waals surface area contributed by atoms with Crippen molar-refractivity contribution in [3.05, 3.63) is 29.0 Å². The van der Waals surface area contributed by atoms with Gasteiger partial charge in [0, 0.05) is 11.2 Å². The number of carboxylic acid groups (broad SMARTS) is 1. The minimum Gasteiger partial charge on any atom is -0.477 e. The maximum atomic E-state index is 10.2. The molecular weight excluding hydrogens is 224 g/mol. The number of pyridine rings is 1. The van der Waals surface area contributed by atoms with Gasteiger partial charge in [0.05, 0.1) is 0 Å². The Hall–Kier alpha value is -0.510. The van der Waals surface area contributed by atoms with Crippen LogP contribution in [0.5, 0.6) is 0 Å². The summed E-state index contributed by atoms with van der Waals surface area (Å²) >= 11 is 5.49. The average molecular weight is 230 g/mol. The van der Waals surface area contributed by atoms with Crippen molar-refractivity contribution in [2.24, 2.45) is 0 Å². The monoisotopic (exact) mass is 229 g/mol. The summed E-state index contributed by atoms with van der Waals surface area (Å²) in [5.74, 6) is -1.07. The number of rotatable bonds is 1. The van der Waals surface area contributed by atoms with Gasteiger partial charge in [-0.05, 0) is 12.1 Å². The molecule has 0 aromatic carbocycles. The van der Waals surface area contributed by atoms with Crippen LogP contribution in [-0.2, 0) is 0 Å². The van der Waals surface area contributed by atoms with E-state index in [1.807, 2.05) is 0 Å². The SMILES string of the molecule is Cl.Cl.O=C(O)c1cc(Cl)ccn1. The second-order valence-corrected chi connectivity index (χ2v) is 2.10. The Balaban J connectivity index is 0. The highest BCUT2D eigenvalue weighted by molar-refractivity contribution is 6.30. The van der Waals surface area contributed by atoms with Crippen molar-refractivity contribution in [2.45, 2.75) is 0 Å². The molecule has 0 radical (unpaired) electrons. The van der Waals surface area contributed by atoms with Crippen molar-refractivity contribution in [1.29, 1.82) is 0 Å². The van der Waals surface area contributed by atoms with E-state index >= 15 is 0 Å². The first kappa shape index (κ1) is 14.0. The van der Waals surface area contributed by atoms with E-state index in [1.54, 1.807) is 0 Å². The van der Waals surface area contributed by atoms with Gasteiger partial charge in [-0.1, -0.05) is 11.6 Å². The number of aromatic nitrogens is 1. The zero-order valence-electron chi connectivity index (χ0n) is 5.73. The fourth-order valence-corrected chi connectivity index (χ4v) is 0.681. The summed E-state index contributed by atoms with van der Waals surface area (Å²) in [5.41, 5.74) is -0.0347. The third-order valence-electron chi connectivity index (χ3n) is 0.941. The first-order chi connectivity index (χ1) is 4.70. The lowest BCUT2D eigenvalue weighted by molar-refractivity contribution is 0.0690. The van der Waals surface area contributed by atoms with E-state index in [0.717, 1.165) is 0 Å². The Morgan fingerprint density at radius 3 is 2.42 bits per heavy atom. The molecule has 0 atom stereocenters. The molecule has 0 fully saturated rings. The van der Waals surface area contributed by atoms with E-state index in [0.29, 0.717) is 5.02 Å². The Bertz CT molecular complexity index is 267. The molecule has 0 spiro atoms. The fraction of sp³-hybridized carbons (Fsp3) is 0. The summed E-state index contributed by atoms with van der Waals surface area (Å²) in [7, 11) is 0. The summed E-state index contributed by atoms with van der Waals surface area (Å²) < 4.78 is 0. The van der Waals surface area contributed by atoms with E-state index in [-0.39, 0.29) is 30.5 Å². The van der Waals surface area contributed by atoms with Gasteiger partial charge in [-0.3, -0.25) is 0 Å². The fourth-order valence-electron chi connectivity index (χ4n) is 0.522. The Labute approximate surface area is 86.6 Å². The molecule has 6 heteroatoms. The first-order valence-electron chi connectivity index (χ1n) is 2.55. The zero-order chi connectivity index (χ0) is 7.56. The zero-order valence-corrected chi connectivity index (χ0v) is 8.12. The van der Waals surface area contributed by atoms with Gasteiger partial charge in [-0.15, -0.1) is 24.8 Å². The lowest BCUT2D eigenvalue weighted by atomic mass is 10.4. The molecule has 68 valence electrons. The van der Waals surface area contributed by atoms with Gasteiger partial charge in [0.15, 0.2) is 0 Å². The van der Waals surface area contributed by atoms with Crippen LogP contribution < -0.4 is 0 Å². The van der Waals surface area contributed by atoms with Crippen LogP contribution in [0.25, 0.3) is 0 Å². The number of halogens is 3. The van der Waals surface area contributed by atoms with Crippen molar-refractivity contribution in [3.63, 3.8) is 0 Å². The van der Waals surface area contributed by atoms with Crippen LogP contribution >= 0.6 is 36.4 Å². The molecule has 0 aliphatic carbocycles. The smallest absolute Gasteiger partial charge is 0.354 e. The number of aromatic carboxylic acids is 1. The van der Waals surface area contributed by atoms with Crippen LogP contribution in [0.1, 0.15) is 10.5 Å². The van der Waals surface area contributed by atoms with Crippen molar-refractivity contribution in [2.75, 3.05) is 0 Å². The Kier molecular flexibility index (Phi) is 7.09. The molecule has 3 nitrogen and oxygen atoms in total. The molecule has 1 N–H and O–H groups in total. The number of hydrogen-bond donors (Lipinski definition) is 1. The second kappa shape index (κ2) is 6.06. The van der Waals surface area contributed by atoms with Gasteiger partial charge in [0.1, 0.15) is 5.69 Å². The van der Waals surface area contributed by atoms with Crippen LogP contribution in [0, 0.1) is 0 Å². The van der Waals surface area contributed by atoms with Crippen molar-refractivity contribution in [1.82, 2.24) is 4.98 Å². The van der Waals surface area contributed by atoms with Crippen LogP contribution in [0.15, 0.2) is 18.3 Å². The number of hydrogen-bond acceptors (Lipinski definition) is 2. The summed E-state index contributed by atoms with van der Waals surface area (Å²) in [4.78, 5) is 13.8. The summed E-state index contributed by atoms with van der Waals surface area (Å²) in [6, 6.07) is 2.82. The minimum atomic E-state index is -1.07. The van der Waals surface area contributed by atoms with Gasteiger partial charge in [0.2, 0.25) is 0 Å². The topological polar surface area (TPSA) is 50.2 Å². The number of nitrogens with zero attached hydrogens (tertiary/aromatic N) is 1. The van der Waals surface area contributed by atoms with E-state index in [4.69, 9.17) is 16.7 Å². The van der Waals surface area contributed by atoms with E-state index in [2.05, 4.69) is 4.98 Å². The second-order valence-electron chi connectivity index (χ2n) is 1.66. The largest absolute Gasteiger partial charge is 0.477 e. The maximum absolute atomic E-state index is 10.2. The molecular formula is C6H6Cl3NO2. The quantitative estimate of drug-likeness (QED) is 0.805. The standard InChI is InChI=1S/C6H4ClNO2.2ClH/c7-4-1-2-8-5(3-4)6(9)10;;/h1-3H,(H,9,10);2*1H. The van der Waals surface area contributed by atoms with Crippen molar-refractivity contribution < 1.29 is 9.90 Å². The highest BCUT2D eigenvalue weighted by Gasteiger charge is 2.02. The van der Waals surface area contributed by atoms with E-state index < -0.39 is 5.97 Å². The van der Waals surface area contributed by atoms with Crippen LogP contribution in [-0.4, -0.2) is 16.1 Å². The molecule has 1 aromatic rings. The van der Waals surface area contributed by atoms with Gasteiger partial charge < -0.3 is 5.11 Å². The molecule has 1 rings (SSSR count). The molecule has 0 saturated heterocycles. The van der Waals surface area contributed by atoms with E-state index in [1.165, 1.54) is 18.3 Å². The van der Waals surface area contributed by atoms with E-state index in [9.17, 15) is 4.79 Å². The molecule has 0 aliphatic heterocycles. The van der Waals surface area contributed by atoms with Crippen LogP contribution in [0.3, 0.4) is 0 Å². The molecule has 0 amide bonds. The van der Waals surface area contributed by atoms with Crippen LogP contribution in [0.4, 0.5) is 0 Å². The third-order valence-corrected chi connectivity index (χ3v) is 1.18. The van der Waals surface area contributed by atoms with Gasteiger partial charge in [-0.25, -0.2) is 9.78 Å². The van der Waals surface area contributed by atoms with Crippen molar-refractivity contribution in [3.8, 4) is 0 Å². The minimum absolute atomic E-state index is 0. The average Bonchev–Trinajstić information content (AvgIpc) is 1.88. The molecule has 0 saturated carbocycles. The lowest BCUT2D eigenvalue weighted by Gasteiger charge is -1.91. The Morgan fingerprint density at radius 2 is 2.08 bits per heavy atom. The molecule has 1 aromatic heterocycles.